The summed E-state index contributed by atoms with van der Waals surface area (Å²) in [6.07, 6.45) is 1.18. The monoisotopic (exact) mass is 287 g/mol. The maximum Gasteiger partial charge on any atom is 0.197 e. The smallest absolute Gasteiger partial charge is 0.197 e. The van der Waals surface area contributed by atoms with Crippen molar-refractivity contribution in [3.63, 3.8) is 0 Å². The maximum atomic E-state index is 5.78. The molecule has 5 nitrogen and oxygen atoms in total. The molecule has 19 heavy (non-hydrogen) atoms. The molecule has 0 aliphatic carbocycles. The van der Waals surface area contributed by atoms with Gasteiger partial charge >= 0.3 is 0 Å². The van der Waals surface area contributed by atoms with Crippen molar-refractivity contribution in [2.75, 3.05) is 30.8 Å². The Balaban J connectivity index is 2.29. The Hall–Kier alpha value is -1.01. The number of rotatable bonds is 9. The van der Waals surface area contributed by atoms with Gasteiger partial charge in [-0.1, -0.05) is 13.8 Å². The SMILES string of the molecule is CC(C)CCOCCNc1snc(N)c1OC(C)C. The van der Waals surface area contributed by atoms with E-state index in [9.17, 15) is 0 Å². The van der Waals surface area contributed by atoms with Crippen LogP contribution in [0.2, 0.25) is 0 Å². The quantitative estimate of drug-likeness (QED) is 0.683. The summed E-state index contributed by atoms with van der Waals surface area (Å²) in [6, 6.07) is 0. The van der Waals surface area contributed by atoms with Crippen LogP contribution in [0.25, 0.3) is 0 Å². The number of aromatic nitrogens is 1. The van der Waals surface area contributed by atoms with Crippen molar-refractivity contribution in [3.8, 4) is 5.75 Å². The fourth-order valence-electron chi connectivity index (χ4n) is 1.41. The average molecular weight is 287 g/mol. The molecule has 0 aromatic carbocycles. The Bertz CT molecular complexity index is 367. The molecule has 0 amide bonds. The summed E-state index contributed by atoms with van der Waals surface area (Å²) in [5, 5.41) is 4.13. The highest BCUT2D eigenvalue weighted by molar-refractivity contribution is 7.11. The van der Waals surface area contributed by atoms with E-state index in [2.05, 4.69) is 23.5 Å². The van der Waals surface area contributed by atoms with Crippen LogP contribution in [0.3, 0.4) is 0 Å². The number of hydrogen-bond donors (Lipinski definition) is 2. The molecule has 0 aliphatic heterocycles. The minimum atomic E-state index is 0.0848. The van der Waals surface area contributed by atoms with Gasteiger partial charge in [0.1, 0.15) is 0 Å². The van der Waals surface area contributed by atoms with Crippen molar-refractivity contribution in [1.29, 1.82) is 0 Å². The normalized spacial score (nSPS) is 11.3. The lowest BCUT2D eigenvalue weighted by molar-refractivity contribution is 0.132. The summed E-state index contributed by atoms with van der Waals surface area (Å²) in [4.78, 5) is 0. The molecule has 6 heteroatoms. The molecule has 1 heterocycles. The highest BCUT2D eigenvalue weighted by atomic mass is 32.1. The summed E-state index contributed by atoms with van der Waals surface area (Å²) in [5.41, 5.74) is 5.78. The van der Waals surface area contributed by atoms with Gasteiger partial charge in [0, 0.05) is 13.2 Å². The van der Waals surface area contributed by atoms with Gasteiger partial charge in [-0.25, -0.2) is 0 Å². The first kappa shape index (κ1) is 16.0. The molecule has 0 saturated heterocycles. The van der Waals surface area contributed by atoms with E-state index >= 15 is 0 Å². The zero-order valence-corrected chi connectivity index (χ0v) is 13.0. The first-order valence-electron chi connectivity index (χ1n) is 6.74. The molecule has 0 bridgehead atoms. The summed E-state index contributed by atoms with van der Waals surface area (Å²) < 4.78 is 15.3. The van der Waals surface area contributed by atoms with Crippen molar-refractivity contribution >= 4 is 22.4 Å². The average Bonchev–Trinajstić information content (AvgIpc) is 2.65. The molecule has 0 fully saturated rings. The largest absolute Gasteiger partial charge is 0.484 e. The van der Waals surface area contributed by atoms with E-state index in [4.69, 9.17) is 15.2 Å². The molecule has 110 valence electrons. The van der Waals surface area contributed by atoms with Crippen molar-refractivity contribution in [3.05, 3.63) is 0 Å². The number of nitrogen functional groups attached to an aromatic ring is 1. The number of ether oxygens (including phenoxy) is 2. The topological polar surface area (TPSA) is 69.4 Å². The Kier molecular flexibility index (Phi) is 6.94. The van der Waals surface area contributed by atoms with Crippen molar-refractivity contribution in [2.24, 2.45) is 5.92 Å². The first-order valence-corrected chi connectivity index (χ1v) is 7.51. The molecule has 1 aromatic heterocycles. The van der Waals surface area contributed by atoms with Gasteiger partial charge in [-0.3, -0.25) is 0 Å². The fraction of sp³-hybridized carbons (Fsp3) is 0.769. The van der Waals surface area contributed by atoms with Crippen LogP contribution >= 0.6 is 11.5 Å². The van der Waals surface area contributed by atoms with Crippen molar-refractivity contribution in [1.82, 2.24) is 4.37 Å². The van der Waals surface area contributed by atoms with Gasteiger partial charge in [-0.2, -0.15) is 4.37 Å². The highest BCUT2D eigenvalue weighted by Crippen LogP contribution is 2.35. The Morgan fingerprint density at radius 1 is 1.26 bits per heavy atom. The molecule has 0 saturated carbocycles. The molecular formula is C13H25N3O2S. The maximum absolute atomic E-state index is 5.78. The number of anilines is 2. The summed E-state index contributed by atoms with van der Waals surface area (Å²) in [6.45, 7) is 10.5. The second-order valence-corrected chi connectivity index (χ2v) is 5.89. The fourth-order valence-corrected chi connectivity index (χ4v) is 2.09. The third-order valence-corrected chi connectivity index (χ3v) is 3.20. The van der Waals surface area contributed by atoms with Gasteiger partial charge in [0.25, 0.3) is 0 Å². The van der Waals surface area contributed by atoms with E-state index in [1.165, 1.54) is 11.5 Å². The minimum Gasteiger partial charge on any atom is -0.484 e. The van der Waals surface area contributed by atoms with E-state index < -0.39 is 0 Å². The first-order chi connectivity index (χ1) is 9.00. The second-order valence-electron chi connectivity index (χ2n) is 5.11. The van der Waals surface area contributed by atoms with Crippen LogP contribution in [0.5, 0.6) is 5.75 Å². The minimum absolute atomic E-state index is 0.0848. The molecule has 0 aliphatic rings. The van der Waals surface area contributed by atoms with E-state index in [0.29, 0.717) is 24.1 Å². The number of nitrogens with zero attached hydrogens (tertiary/aromatic N) is 1. The summed E-state index contributed by atoms with van der Waals surface area (Å²) >= 11 is 1.32. The highest BCUT2D eigenvalue weighted by Gasteiger charge is 2.13. The Morgan fingerprint density at radius 2 is 2.00 bits per heavy atom. The zero-order valence-electron chi connectivity index (χ0n) is 12.2. The van der Waals surface area contributed by atoms with E-state index in [1.54, 1.807) is 0 Å². The molecule has 3 N–H and O–H groups in total. The Labute approximate surface area is 119 Å². The van der Waals surface area contributed by atoms with Gasteiger partial charge in [0.15, 0.2) is 16.6 Å². The van der Waals surface area contributed by atoms with Crippen LogP contribution in [-0.4, -0.2) is 30.2 Å². The van der Waals surface area contributed by atoms with Crippen LogP contribution in [0, 0.1) is 5.92 Å². The lowest BCUT2D eigenvalue weighted by Gasteiger charge is -2.12. The van der Waals surface area contributed by atoms with Gasteiger partial charge in [0.2, 0.25) is 0 Å². The molecule has 0 radical (unpaired) electrons. The second kappa shape index (κ2) is 8.22. The zero-order chi connectivity index (χ0) is 14.3. The number of nitrogens with one attached hydrogen (secondary N) is 1. The van der Waals surface area contributed by atoms with Crippen LogP contribution in [0.4, 0.5) is 10.8 Å². The standard InChI is InChI=1S/C13H25N3O2S/c1-9(2)5-7-17-8-6-15-13-11(18-10(3)4)12(14)16-19-13/h9-10,15H,5-8H2,1-4H3,(H2,14,16). The third-order valence-electron chi connectivity index (χ3n) is 2.40. The molecule has 1 aromatic rings. The molecular weight excluding hydrogens is 262 g/mol. The third kappa shape index (κ3) is 6.11. The molecule has 0 unspecified atom stereocenters. The van der Waals surface area contributed by atoms with Gasteiger partial charge in [0.05, 0.1) is 12.7 Å². The summed E-state index contributed by atoms with van der Waals surface area (Å²) in [7, 11) is 0. The van der Waals surface area contributed by atoms with Crippen molar-refractivity contribution < 1.29 is 9.47 Å². The molecule has 0 atom stereocenters. The summed E-state index contributed by atoms with van der Waals surface area (Å²) in [5.74, 6) is 1.78. The van der Waals surface area contributed by atoms with Gasteiger partial charge in [-0.15, -0.1) is 0 Å². The molecule has 1 rings (SSSR count). The lowest BCUT2D eigenvalue weighted by atomic mass is 10.1. The van der Waals surface area contributed by atoms with Crippen molar-refractivity contribution in [2.45, 2.75) is 40.2 Å². The van der Waals surface area contributed by atoms with Crippen LogP contribution < -0.4 is 15.8 Å². The number of hydrogen-bond acceptors (Lipinski definition) is 6. The van der Waals surface area contributed by atoms with E-state index in [0.717, 1.165) is 24.6 Å². The number of nitrogens with two attached hydrogens (primary N) is 1. The molecule has 0 spiro atoms. The van der Waals surface area contributed by atoms with Crippen LogP contribution in [0.15, 0.2) is 0 Å². The predicted octanol–water partition coefficient (Wildman–Crippen LogP) is 2.99. The lowest BCUT2D eigenvalue weighted by Crippen LogP contribution is -2.12. The predicted molar refractivity (Wildman–Crippen MR) is 81.1 cm³/mol. The van der Waals surface area contributed by atoms with E-state index in [-0.39, 0.29) is 6.10 Å². The van der Waals surface area contributed by atoms with Gasteiger partial charge < -0.3 is 20.5 Å². The Morgan fingerprint density at radius 3 is 2.63 bits per heavy atom. The van der Waals surface area contributed by atoms with Crippen LogP contribution in [-0.2, 0) is 4.74 Å². The van der Waals surface area contributed by atoms with E-state index in [1.807, 2.05) is 13.8 Å². The van der Waals surface area contributed by atoms with Crippen LogP contribution in [0.1, 0.15) is 34.1 Å². The van der Waals surface area contributed by atoms with Gasteiger partial charge in [-0.05, 0) is 37.7 Å².